The zero-order chi connectivity index (χ0) is 16.4. The summed E-state index contributed by atoms with van der Waals surface area (Å²) in [6.07, 6.45) is -0.0700. The maximum atomic E-state index is 12.1. The van der Waals surface area contributed by atoms with Gasteiger partial charge in [0.25, 0.3) is 5.56 Å². The van der Waals surface area contributed by atoms with Crippen LogP contribution >= 0.6 is 0 Å². The van der Waals surface area contributed by atoms with Gasteiger partial charge in [-0.25, -0.2) is 0 Å². The predicted molar refractivity (Wildman–Crippen MR) is 92.6 cm³/mol. The molecule has 1 unspecified atom stereocenters. The van der Waals surface area contributed by atoms with Gasteiger partial charge in [-0.1, -0.05) is 30.3 Å². The Kier molecular flexibility index (Phi) is 3.92. The average Bonchev–Trinajstić information content (AvgIpc) is 2.62. The van der Waals surface area contributed by atoms with Crippen molar-refractivity contribution >= 4 is 10.9 Å². The number of pyridine rings is 1. The van der Waals surface area contributed by atoms with Crippen molar-refractivity contribution in [2.75, 3.05) is 13.2 Å². The average molecular weight is 322 g/mol. The molecule has 1 atom stereocenters. The van der Waals surface area contributed by atoms with Crippen LogP contribution in [0.15, 0.2) is 59.4 Å². The zero-order valence-electron chi connectivity index (χ0n) is 13.1. The van der Waals surface area contributed by atoms with Crippen LogP contribution in [0, 0.1) is 0 Å². The fourth-order valence-corrected chi connectivity index (χ4v) is 2.86. The number of fused-ring (bicyclic) bond motifs is 2. The van der Waals surface area contributed by atoms with Crippen molar-refractivity contribution in [3.63, 3.8) is 0 Å². The van der Waals surface area contributed by atoms with E-state index in [2.05, 4.69) is 10.3 Å². The van der Waals surface area contributed by atoms with E-state index in [9.17, 15) is 4.79 Å². The Labute approximate surface area is 139 Å². The summed E-state index contributed by atoms with van der Waals surface area (Å²) in [5.41, 5.74) is 1.50. The zero-order valence-corrected chi connectivity index (χ0v) is 13.1. The highest BCUT2D eigenvalue weighted by atomic mass is 16.6. The largest absolute Gasteiger partial charge is 0.486 e. The summed E-state index contributed by atoms with van der Waals surface area (Å²) in [4.78, 5) is 15.0. The molecule has 24 heavy (non-hydrogen) atoms. The van der Waals surface area contributed by atoms with E-state index in [0.29, 0.717) is 25.3 Å². The molecule has 5 heteroatoms. The molecule has 0 aliphatic carbocycles. The normalized spacial score (nSPS) is 16.2. The van der Waals surface area contributed by atoms with Gasteiger partial charge in [0.15, 0.2) is 11.5 Å². The second-order valence-electron chi connectivity index (χ2n) is 5.84. The number of benzene rings is 2. The molecule has 4 rings (SSSR count). The molecule has 2 aromatic carbocycles. The van der Waals surface area contributed by atoms with Gasteiger partial charge < -0.3 is 19.8 Å². The van der Waals surface area contributed by atoms with Gasteiger partial charge in [0.2, 0.25) is 0 Å². The minimum atomic E-state index is -0.0700. The van der Waals surface area contributed by atoms with Gasteiger partial charge >= 0.3 is 0 Å². The van der Waals surface area contributed by atoms with Gasteiger partial charge in [0.05, 0.1) is 0 Å². The van der Waals surface area contributed by atoms with Gasteiger partial charge in [-0.05, 0) is 29.7 Å². The van der Waals surface area contributed by atoms with Crippen molar-refractivity contribution < 1.29 is 9.47 Å². The second kappa shape index (κ2) is 6.37. The molecular weight excluding hydrogens is 304 g/mol. The van der Waals surface area contributed by atoms with Crippen LogP contribution in [-0.2, 0) is 6.54 Å². The molecule has 0 spiro atoms. The summed E-state index contributed by atoms with van der Waals surface area (Å²) in [5, 5.41) is 4.31. The molecule has 0 bridgehead atoms. The maximum Gasteiger partial charge on any atom is 0.252 e. The number of ether oxygens (including phenoxy) is 2. The van der Waals surface area contributed by atoms with Crippen LogP contribution < -0.4 is 20.3 Å². The third kappa shape index (κ3) is 2.98. The number of aromatic amines is 1. The smallest absolute Gasteiger partial charge is 0.252 e. The number of hydrogen-bond acceptors (Lipinski definition) is 4. The van der Waals surface area contributed by atoms with E-state index in [0.717, 1.165) is 22.4 Å². The third-order valence-corrected chi connectivity index (χ3v) is 4.09. The van der Waals surface area contributed by atoms with Gasteiger partial charge in [0.1, 0.15) is 12.7 Å². The molecule has 2 heterocycles. The van der Waals surface area contributed by atoms with Gasteiger partial charge in [0, 0.05) is 24.2 Å². The van der Waals surface area contributed by atoms with E-state index in [-0.39, 0.29) is 11.7 Å². The predicted octanol–water partition coefficient (Wildman–Crippen LogP) is 2.46. The highest BCUT2D eigenvalue weighted by Crippen LogP contribution is 2.30. The van der Waals surface area contributed by atoms with E-state index in [1.165, 1.54) is 0 Å². The fourth-order valence-electron chi connectivity index (χ4n) is 2.86. The Hall–Kier alpha value is -2.79. The number of H-pyrrole nitrogens is 1. The first-order valence-electron chi connectivity index (χ1n) is 8.00. The third-order valence-electron chi connectivity index (χ3n) is 4.09. The topological polar surface area (TPSA) is 63.4 Å². The number of hydrogen-bond donors (Lipinski definition) is 2. The SMILES string of the molecule is O=c1[nH]c2ccccc2cc1CNCC1COc2ccccc2O1. The first-order chi connectivity index (χ1) is 11.8. The molecular formula is C19H18N2O3. The van der Waals surface area contributed by atoms with Crippen LogP contribution in [0.5, 0.6) is 11.5 Å². The van der Waals surface area contributed by atoms with Crippen LogP contribution in [0.2, 0.25) is 0 Å². The first kappa shape index (κ1) is 14.8. The molecule has 0 saturated heterocycles. The number of para-hydroxylation sites is 3. The quantitative estimate of drug-likeness (QED) is 0.774. The maximum absolute atomic E-state index is 12.1. The minimum Gasteiger partial charge on any atom is -0.486 e. The molecule has 3 aromatic rings. The van der Waals surface area contributed by atoms with Gasteiger partial charge in [-0.3, -0.25) is 4.79 Å². The van der Waals surface area contributed by atoms with Crippen molar-refractivity contribution in [1.29, 1.82) is 0 Å². The van der Waals surface area contributed by atoms with Gasteiger partial charge in [-0.2, -0.15) is 0 Å². The Bertz CT molecular complexity index is 920. The van der Waals surface area contributed by atoms with E-state index >= 15 is 0 Å². The second-order valence-corrected chi connectivity index (χ2v) is 5.84. The number of rotatable bonds is 4. The summed E-state index contributed by atoms with van der Waals surface area (Å²) in [7, 11) is 0. The first-order valence-corrected chi connectivity index (χ1v) is 8.00. The molecule has 0 saturated carbocycles. The lowest BCUT2D eigenvalue weighted by Gasteiger charge is -2.26. The van der Waals surface area contributed by atoms with Gasteiger partial charge in [-0.15, -0.1) is 0 Å². The number of nitrogens with one attached hydrogen (secondary N) is 2. The van der Waals surface area contributed by atoms with Crippen LogP contribution in [0.25, 0.3) is 10.9 Å². The minimum absolute atomic E-state index is 0.0626. The van der Waals surface area contributed by atoms with Crippen LogP contribution in [-0.4, -0.2) is 24.2 Å². The summed E-state index contributed by atoms with van der Waals surface area (Å²) < 4.78 is 11.6. The summed E-state index contributed by atoms with van der Waals surface area (Å²) in [6, 6.07) is 17.3. The molecule has 5 nitrogen and oxygen atoms in total. The van der Waals surface area contributed by atoms with E-state index in [1.54, 1.807) is 0 Å². The molecule has 0 radical (unpaired) electrons. The standard InChI is InChI=1S/C19H18N2O3/c22-19-14(9-13-5-1-2-6-16(13)21-19)10-20-11-15-12-23-17-7-3-4-8-18(17)24-15/h1-9,15,20H,10-12H2,(H,21,22). The Morgan fingerprint density at radius 3 is 2.79 bits per heavy atom. The molecule has 122 valence electrons. The Balaban J connectivity index is 1.40. The van der Waals surface area contributed by atoms with E-state index in [1.807, 2.05) is 54.6 Å². The highest BCUT2D eigenvalue weighted by molar-refractivity contribution is 5.78. The van der Waals surface area contributed by atoms with Crippen molar-refractivity contribution in [3.05, 3.63) is 70.5 Å². The molecule has 2 N–H and O–H groups in total. The monoisotopic (exact) mass is 322 g/mol. The lowest BCUT2D eigenvalue weighted by Crippen LogP contribution is -2.38. The fraction of sp³-hybridized carbons (Fsp3) is 0.211. The lowest BCUT2D eigenvalue weighted by molar-refractivity contribution is 0.0902. The highest BCUT2D eigenvalue weighted by Gasteiger charge is 2.20. The molecule has 1 aliphatic rings. The lowest BCUT2D eigenvalue weighted by atomic mass is 10.1. The summed E-state index contributed by atoms with van der Waals surface area (Å²) >= 11 is 0. The summed E-state index contributed by atoms with van der Waals surface area (Å²) in [6.45, 7) is 1.60. The van der Waals surface area contributed by atoms with Crippen LogP contribution in [0.1, 0.15) is 5.56 Å². The molecule has 0 fully saturated rings. The van der Waals surface area contributed by atoms with Crippen molar-refractivity contribution in [3.8, 4) is 11.5 Å². The Morgan fingerprint density at radius 1 is 1.08 bits per heavy atom. The van der Waals surface area contributed by atoms with E-state index < -0.39 is 0 Å². The van der Waals surface area contributed by atoms with Crippen molar-refractivity contribution in [2.45, 2.75) is 12.6 Å². The molecule has 1 aliphatic heterocycles. The van der Waals surface area contributed by atoms with Crippen LogP contribution in [0.3, 0.4) is 0 Å². The van der Waals surface area contributed by atoms with Crippen molar-refractivity contribution in [1.82, 2.24) is 10.3 Å². The van der Waals surface area contributed by atoms with Crippen LogP contribution in [0.4, 0.5) is 0 Å². The van der Waals surface area contributed by atoms with E-state index in [4.69, 9.17) is 9.47 Å². The molecule has 0 amide bonds. The number of aromatic nitrogens is 1. The molecule has 1 aromatic heterocycles. The van der Waals surface area contributed by atoms with Crippen molar-refractivity contribution in [2.24, 2.45) is 0 Å². The Morgan fingerprint density at radius 2 is 1.88 bits per heavy atom. The summed E-state index contributed by atoms with van der Waals surface area (Å²) in [5.74, 6) is 1.54.